The molecule has 0 spiro atoms. The second kappa shape index (κ2) is 54.2. The third-order valence-corrected chi connectivity index (χ3v) is 14.1. The number of carbonyl (C=O) groups is 1. The summed E-state index contributed by atoms with van der Waals surface area (Å²) in [6.45, 7) is 4.78. The van der Waals surface area contributed by atoms with Gasteiger partial charge in [-0.05, 0) is 77.0 Å². The molecular formula is C64H116N2O6P+. The van der Waals surface area contributed by atoms with Gasteiger partial charge < -0.3 is 19.8 Å². The van der Waals surface area contributed by atoms with Gasteiger partial charge in [0.15, 0.2) is 0 Å². The Balaban J connectivity index is 4.17. The van der Waals surface area contributed by atoms with Crippen LogP contribution in [0.3, 0.4) is 0 Å². The van der Waals surface area contributed by atoms with E-state index in [-0.39, 0.29) is 19.1 Å². The number of phosphoric ester groups is 1. The maximum Gasteiger partial charge on any atom is 0.472 e. The van der Waals surface area contributed by atoms with Crippen LogP contribution in [-0.2, 0) is 18.4 Å². The molecule has 0 fully saturated rings. The van der Waals surface area contributed by atoms with E-state index < -0.39 is 20.0 Å². The first-order valence-corrected chi connectivity index (χ1v) is 31.6. The summed E-state index contributed by atoms with van der Waals surface area (Å²) >= 11 is 0. The Labute approximate surface area is 451 Å². The molecule has 0 radical (unpaired) electrons. The van der Waals surface area contributed by atoms with Crippen LogP contribution in [0.15, 0.2) is 97.2 Å². The number of carbonyl (C=O) groups excluding carboxylic acids is 1. The molecule has 0 bridgehead atoms. The first-order chi connectivity index (χ1) is 35.5. The number of nitrogens with zero attached hydrogens (tertiary/aromatic N) is 1. The Bertz CT molecular complexity index is 1510. The van der Waals surface area contributed by atoms with E-state index in [2.05, 4.69) is 116 Å². The first kappa shape index (κ1) is 70.4. The minimum atomic E-state index is -4.33. The zero-order chi connectivity index (χ0) is 53.5. The fourth-order valence-corrected chi connectivity index (χ4v) is 9.15. The zero-order valence-corrected chi connectivity index (χ0v) is 49.0. The summed E-state index contributed by atoms with van der Waals surface area (Å²) in [5.74, 6) is -0.155. The quantitative estimate of drug-likeness (QED) is 0.0243. The fourth-order valence-electron chi connectivity index (χ4n) is 8.42. The number of likely N-dealkylation sites (N-methyl/N-ethyl adjacent to an activating group) is 1. The van der Waals surface area contributed by atoms with Crippen molar-refractivity contribution in [2.45, 2.75) is 264 Å². The fraction of sp³-hybridized carbons (Fsp3) is 0.734. The number of rotatable bonds is 54. The number of unbranched alkanes of at least 4 members (excludes halogenated alkanes) is 25. The molecule has 3 N–H and O–H groups in total. The molecule has 0 aliphatic rings. The SMILES string of the molecule is CC/C=C\C/C=C\C/C=C\C/C=C\C/C=C\C/C=C\C/C=C\C/C=C\CCCCCCCCCCC(=O)NC(COP(=O)(O)OCC[N+](C)(C)C)C(O)CCCCCCCCCCCCCCCCCCCC. The van der Waals surface area contributed by atoms with Crippen molar-refractivity contribution in [3.63, 3.8) is 0 Å². The van der Waals surface area contributed by atoms with Gasteiger partial charge in [-0.1, -0.05) is 265 Å². The second-order valence-electron chi connectivity index (χ2n) is 21.3. The van der Waals surface area contributed by atoms with Crippen LogP contribution in [0, 0.1) is 0 Å². The summed E-state index contributed by atoms with van der Waals surface area (Å²) < 4.78 is 23.8. The van der Waals surface area contributed by atoms with Crippen LogP contribution in [0.4, 0.5) is 0 Å². The van der Waals surface area contributed by atoms with Gasteiger partial charge in [-0.3, -0.25) is 13.8 Å². The molecule has 0 aromatic carbocycles. The smallest absolute Gasteiger partial charge is 0.391 e. The average Bonchev–Trinajstić information content (AvgIpc) is 3.35. The number of aliphatic hydroxyl groups excluding tert-OH is 1. The Morgan fingerprint density at radius 2 is 0.822 bits per heavy atom. The van der Waals surface area contributed by atoms with Crippen LogP contribution in [-0.4, -0.2) is 73.4 Å². The lowest BCUT2D eigenvalue weighted by molar-refractivity contribution is -0.870. The van der Waals surface area contributed by atoms with Gasteiger partial charge in [0.05, 0.1) is 39.9 Å². The highest BCUT2D eigenvalue weighted by Gasteiger charge is 2.28. The number of aliphatic hydroxyl groups is 1. The topological polar surface area (TPSA) is 105 Å². The summed E-state index contributed by atoms with van der Waals surface area (Å²) in [5.41, 5.74) is 0. The largest absolute Gasteiger partial charge is 0.472 e. The Kier molecular flexibility index (Phi) is 52.3. The van der Waals surface area contributed by atoms with Crippen LogP contribution in [0.5, 0.6) is 0 Å². The Morgan fingerprint density at radius 1 is 0.479 bits per heavy atom. The minimum Gasteiger partial charge on any atom is -0.391 e. The lowest BCUT2D eigenvalue weighted by Gasteiger charge is -2.26. The third-order valence-electron chi connectivity index (χ3n) is 13.1. The zero-order valence-electron chi connectivity index (χ0n) is 48.1. The molecule has 0 aliphatic heterocycles. The molecule has 422 valence electrons. The highest BCUT2D eigenvalue weighted by Crippen LogP contribution is 2.43. The number of phosphoric acid groups is 1. The van der Waals surface area contributed by atoms with Gasteiger partial charge in [-0.15, -0.1) is 0 Å². The molecular weight excluding hydrogens is 924 g/mol. The molecule has 73 heavy (non-hydrogen) atoms. The van der Waals surface area contributed by atoms with Crippen molar-refractivity contribution in [2.24, 2.45) is 0 Å². The molecule has 0 aliphatic carbocycles. The highest BCUT2D eigenvalue weighted by atomic mass is 31.2. The molecule has 0 aromatic heterocycles. The van der Waals surface area contributed by atoms with Gasteiger partial charge in [-0.25, -0.2) is 4.57 Å². The predicted octanol–water partition coefficient (Wildman–Crippen LogP) is 18.6. The number of hydrogen-bond acceptors (Lipinski definition) is 5. The van der Waals surface area contributed by atoms with Crippen molar-refractivity contribution in [1.29, 1.82) is 0 Å². The third kappa shape index (κ3) is 57.0. The van der Waals surface area contributed by atoms with Gasteiger partial charge in [-0.2, -0.15) is 0 Å². The maximum atomic E-state index is 13.0. The number of amides is 1. The van der Waals surface area contributed by atoms with Crippen molar-refractivity contribution in [1.82, 2.24) is 5.32 Å². The maximum absolute atomic E-state index is 13.0. The second-order valence-corrected chi connectivity index (χ2v) is 22.8. The van der Waals surface area contributed by atoms with Gasteiger partial charge in [0.2, 0.25) is 5.91 Å². The lowest BCUT2D eigenvalue weighted by atomic mass is 10.0. The molecule has 0 rings (SSSR count). The molecule has 3 atom stereocenters. The monoisotopic (exact) mass is 1040 g/mol. The molecule has 3 unspecified atom stereocenters. The van der Waals surface area contributed by atoms with E-state index in [0.29, 0.717) is 23.9 Å². The minimum absolute atomic E-state index is 0.0687. The van der Waals surface area contributed by atoms with E-state index >= 15 is 0 Å². The summed E-state index contributed by atoms with van der Waals surface area (Å²) in [7, 11) is 1.60. The van der Waals surface area contributed by atoms with Crippen LogP contribution in [0.25, 0.3) is 0 Å². The number of allylic oxidation sites excluding steroid dienone is 16. The van der Waals surface area contributed by atoms with E-state index in [1.165, 1.54) is 128 Å². The van der Waals surface area contributed by atoms with Crippen LogP contribution in [0.2, 0.25) is 0 Å². The van der Waals surface area contributed by atoms with E-state index in [1.807, 2.05) is 21.1 Å². The summed E-state index contributed by atoms with van der Waals surface area (Å²) in [4.78, 5) is 23.4. The Hall–Kier alpha value is -2.58. The van der Waals surface area contributed by atoms with Crippen LogP contribution < -0.4 is 5.32 Å². The van der Waals surface area contributed by atoms with Crippen molar-refractivity contribution in [3.05, 3.63) is 97.2 Å². The van der Waals surface area contributed by atoms with Gasteiger partial charge >= 0.3 is 7.82 Å². The van der Waals surface area contributed by atoms with Crippen molar-refractivity contribution >= 4 is 13.7 Å². The van der Waals surface area contributed by atoms with Gasteiger partial charge in [0, 0.05) is 6.42 Å². The van der Waals surface area contributed by atoms with Gasteiger partial charge in [0.25, 0.3) is 0 Å². The summed E-state index contributed by atoms with van der Waals surface area (Å²) in [6.07, 6.45) is 77.5. The molecule has 8 nitrogen and oxygen atoms in total. The lowest BCUT2D eigenvalue weighted by Crippen LogP contribution is -2.46. The number of nitrogens with one attached hydrogen (secondary N) is 1. The average molecular weight is 1040 g/mol. The van der Waals surface area contributed by atoms with E-state index in [0.717, 1.165) is 96.3 Å². The van der Waals surface area contributed by atoms with E-state index in [9.17, 15) is 19.4 Å². The Morgan fingerprint density at radius 3 is 1.21 bits per heavy atom. The normalized spacial score (nSPS) is 14.6. The molecule has 1 amide bonds. The van der Waals surface area contributed by atoms with Crippen molar-refractivity contribution in [3.8, 4) is 0 Å². The molecule has 0 saturated heterocycles. The van der Waals surface area contributed by atoms with Crippen LogP contribution in [0.1, 0.15) is 251 Å². The molecule has 0 saturated carbocycles. The summed E-state index contributed by atoms with van der Waals surface area (Å²) in [6, 6.07) is -0.772. The molecule has 9 heteroatoms. The predicted molar refractivity (Wildman–Crippen MR) is 318 cm³/mol. The molecule has 0 aromatic rings. The van der Waals surface area contributed by atoms with Crippen LogP contribution >= 0.6 is 7.82 Å². The van der Waals surface area contributed by atoms with E-state index in [4.69, 9.17) is 9.05 Å². The first-order valence-electron chi connectivity index (χ1n) is 30.1. The van der Waals surface area contributed by atoms with Crippen molar-refractivity contribution in [2.75, 3.05) is 40.9 Å². The summed E-state index contributed by atoms with van der Waals surface area (Å²) in [5, 5.41) is 14.1. The number of hydrogen-bond donors (Lipinski definition) is 3. The van der Waals surface area contributed by atoms with Gasteiger partial charge in [0.1, 0.15) is 13.2 Å². The van der Waals surface area contributed by atoms with Crippen molar-refractivity contribution < 1.29 is 32.9 Å². The number of quaternary nitrogens is 1. The van der Waals surface area contributed by atoms with E-state index in [1.54, 1.807) is 0 Å². The standard InChI is InChI=1S/C64H115N2O6P/c1-6-8-10-12-14-16-18-20-22-24-26-27-28-29-30-31-32-33-34-35-36-37-38-39-40-42-44-46-48-50-52-54-56-58-64(68)65-62(61-72-73(69,70)71-60-59-66(3,4)5)63(67)57-55-53-51-49-47-45-43-41-25-23-21-19-17-15-13-11-9-7-2/h8,10,14,16,20,22,26-27,29-30,32-33,35-36,38-39,62-63,67H,6-7,9,11-13,15,17-19,21,23-25,28,31,34,37,40-61H2,1-5H3,(H-,65,68,69,70)/p+1/b10-8-,16-14-,22-20-,27-26-,30-29-,33-32-,36-35-,39-38-. The highest BCUT2D eigenvalue weighted by molar-refractivity contribution is 7.47. The molecule has 0 heterocycles.